The molecule has 5 heteroatoms. The van der Waals surface area contributed by atoms with E-state index in [4.69, 9.17) is 5.73 Å². The van der Waals surface area contributed by atoms with Crippen molar-refractivity contribution in [2.75, 3.05) is 13.1 Å². The molecule has 17 heavy (non-hydrogen) atoms. The van der Waals surface area contributed by atoms with Crippen LogP contribution in [0, 0.1) is 0 Å². The van der Waals surface area contributed by atoms with Gasteiger partial charge < -0.3 is 5.73 Å². The van der Waals surface area contributed by atoms with Gasteiger partial charge >= 0.3 is 0 Å². The van der Waals surface area contributed by atoms with Crippen LogP contribution >= 0.6 is 0 Å². The fourth-order valence-corrected chi connectivity index (χ4v) is 1.96. The van der Waals surface area contributed by atoms with Crippen LogP contribution in [0.1, 0.15) is 51.4 Å². The maximum atomic E-state index is 11.9. The number of hydrogen-bond acceptors (Lipinski definition) is 3. The highest BCUT2D eigenvalue weighted by molar-refractivity contribution is 5.76. The summed E-state index contributed by atoms with van der Waals surface area (Å²) in [6.45, 7) is 1.68. The molecule has 1 heterocycles. The fourth-order valence-electron chi connectivity index (χ4n) is 1.96. The predicted molar refractivity (Wildman–Crippen MR) is 65.8 cm³/mol. The van der Waals surface area contributed by atoms with E-state index in [1.165, 1.54) is 12.8 Å². The van der Waals surface area contributed by atoms with Gasteiger partial charge in [0.05, 0.1) is 0 Å². The molecule has 2 amide bonds. The lowest BCUT2D eigenvalue weighted by atomic mass is 10.1. The van der Waals surface area contributed by atoms with Crippen LogP contribution in [-0.4, -0.2) is 29.9 Å². The number of nitrogens with two attached hydrogens (primary N) is 1. The Hall–Kier alpha value is -1.10. The quantitative estimate of drug-likeness (QED) is 0.703. The first-order chi connectivity index (χ1) is 8.20. The summed E-state index contributed by atoms with van der Waals surface area (Å²) < 4.78 is 0. The lowest BCUT2D eigenvalue weighted by Crippen LogP contribution is -2.44. The van der Waals surface area contributed by atoms with E-state index in [2.05, 4.69) is 5.43 Å². The second-order valence-corrected chi connectivity index (χ2v) is 4.54. The third-order valence-electron chi connectivity index (χ3n) is 2.98. The summed E-state index contributed by atoms with van der Waals surface area (Å²) in [6.07, 6.45) is 6.96. The fraction of sp³-hybridized carbons (Fsp3) is 0.833. The Labute approximate surface area is 103 Å². The molecule has 98 valence electrons. The molecule has 0 unspecified atom stereocenters. The second kappa shape index (κ2) is 8.06. The van der Waals surface area contributed by atoms with Gasteiger partial charge in [-0.05, 0) is 25.7 Å². The monoisotopic (exact) mass is 241 g/mol. The lowest BCUT2D eigenvalue weighted by Gasteiger charge is -2.25. The number of carbonyl (C=O) groups excluding carboxylic acids is 2. The molecule has 1 rings (SSSR count). The largest absolute Gasteiger partial charge is 0.370 e. The highest BCUT2D eigenvalue weighted by Crippen LogP contribution is 2.07. The van der Waals surface area contributed by atoms with Crippen LogP contribution in [0.5, 0.6) is 0 Å². The number of carbonyl (C=O) groups is 2. The van der Waals surface area contributed by atoms with Crippen LogP contribution < -0.4 is 11.2 Å². The van der Waals surface area contributed by atoms with Crippen molar-refractivity contribution in [3.63, 3.8) is 0 Å². The molecular weight excluding hydrogens is 218 g/mol. The van der Waals surface area contributed by atoms with Crippen LogP contribution in [0.4, 0.5) is 0 Å². The Bertz CT molecular complexity index is 248. The summed E-state index contributed by atoms with van der Waals surface area (Å²) in [5.74, 6) is -0.154. The van der Waals surface area contributed by atoms with Gasteiger partial charge in [0.1, 0.15) is 0 Å². The SMILES string of the molecule is NC(=O)CCCCC(=O)N1CCCCCCN1. The first-order valence-electron chi connectivity index (χ1n) is 6.52. The van der Waals surface area contributed by atoms with E-state index in [9.17, 15) is 9.59 Å². The highest BCUT2D eigenvalue weighted by atomic mass is 16.2. The molecule has 5 nitrogen and oxygen atoms in total. The van der Waals surface area contributed by atoms with Crippen LogP contribution in [-0.2, 0) is 9.59 Å². The van der Waals surface area contributed by atoms with Crippen LogP contribution in [0.2, 0.25) is 0 Å². The molecule has 1 saturated heterocycles. The molecule has 0 aromatic carbocycles. The Balaban J connectivity index is 2.18. The number of hydrazine groups is 1. The molecule has 1 fully saturated rings. The Morgan fingerprint density at radius 1 is 1.06 bits per heavy atom. The average Bonchev–Trinajstić information content (AvgIpc) is 2.23. The van der Waals surface area contributed by atoms with E-state index in [1.54, 1.807) is 5.01 Å². The van der Waals surface area contributed by atoms with E-state index in [0.717, 1.165) is 32.4 Å². The van der Waals surface area contributed by atoms with E-state index < -0.39 is 0 Å². The number of amides is 2. The molecule has 0 atom stereocenters. The predicted octanol–water partition coefficient (Wildman–Crippen LogP) is 0.939. The molecule has 0 spiro atoms. The molecule has 1 aliphatic heterocycles. The van der Waals surface area contributed by atoms with Crippen LogP contribution in [0.3, 0.4) is 0 Å². The molecule has 0 aromatic rings. The van der Waals surface area contributed by atoms with Crippen molar-refractivity contribution in [2.45, 2.75) is 51.4 Å². The minimum Gasteiger partial charge on any atom is -0.370 e. The number of nitrogens with zero attached hydrogens (tertiary/aromatic N) is 1. The molecule has 0 bridgehead atoms. The van der Waals surface area contributed by atoms with E-state index in [-0.39, 0.29) is 11.8 Å². The average molecular weight is 241 g/mol. The van der Waals surface area contributed by atoms with Gasteiger partial charge in [-0.25, -0.2) is 5.43 Å². The van der Waals surface area contributed by atoms with E-state index in [0.29, 0.717) is 19.3 Å². The number of unbranched alkanes of at least 4 members (excludes halogenated alkanes) is 1. The normalized spacial score (nSPS) is 17.3. The molecule has 3 N–H and O–H groups in total. The number of nitrogens with one attached hydrogen (secondary N) is 1. The number of rotatable bonds is 5. The standard InChI is InChI=1S/C12H23N3O2/c13-11(16)7-3-4-8-12(17)15-10-6-2-1-5-9-14-15/h14H,1-10H2,(H2,13,16). The Morgan fingerprint density at radius 3 is 2.53 bits per heavy atom. The third-order valence-corrected chi connectivity index (χ3v) is 2.98. The summed E-state index contributed by atoms with van der Waals surface area (Å²) in [6, 6.07) is 0. The lowest BCUT2D eigenvalue weighted by molar-refractivity contribution is -0.135. The first-order valence-corrected chi connectivity index (χ1v) is 6.52. The molecule has 0 saturated carbocycles. The van der Waals surface area contributed by atoms with Gasteiger partial charge in [0.2, 0.25) is 11.8 Å². The van der Waals surface area contributed by atoms with Gasteiger partial charge in [-0.3, -0.25) is 14.6 Å². The van der Waals surface area contributed by atoms with E-state index >= 15 is 0 Å². The maximum absolute atomic E-state index is 11.9. The molecule has 0 aliphatic carbocycles. The number of primary amides is 1. The van der Waals surface area contributed by atoms with Crippen molar-refractivity contribution in [3.8, 4) is 0 Å². The van der Waals surface area contributed by atoms with Gasteiger partial charge in [-0.1, -0.05) is 12.8 Å². The highest BCUT2D eigenvalue weighted by Gasteiger charge is 2.13. The zero-order valence-electron chi connectivity index (χ0n) is 10.4. The van der Waals surface area contributed by atoms with Crippen molar-refractivity contribution in [2.24, 2.45) is 5.73 Å². The zero-order chi connectivity index (χ0) is 12.5. The summed E-state index contributed by atoms with van der Waals surface area (Å²) in [5, 5.41) is 1.74. The van der Waals surface area contributed by atoms with Gasteiger partial charge in [0.15, 0.2) is 0 Å². The van der Waals surface area contributed by atoms with Crippen molar-refractivity contribution in [1.82, 2.24) is 10.4 Å². The van der Waals surface area contributed by atoms with Crippen molar-refractivity contribution in [3.05, 3.63) is 0 Å². The van der Waals surface area contributed by atoms with Crippen LogP contribution in [0.25, 0.3) is 0 Å². The first kappa shape index (κ1) is 14.0. The zero-order valence-corrected chi connectivity index (χ0v) is 10.4. The number of hydrogen-bond donors (Lipinski definition) is 2. The Kier molecular flexibility index (Phi) is 6.62. The summed E-state index contributed by atoms with van der Waals surface area (Å²) >= 11 is 0. The van der Waals surface area contributed by atoms with Crippen molar-refractivity contribution in [1.29, 1.82) is 0 Å². The topological polar surface area (TPSA) is 75.4 Å². The maximum Gasteiger partial charge on any atom is 0.236 e. The molecule has 0 aromatic heterocycles. The summed E-state index contributed by atoms with van der Waals surface area (Å²) in [5.41, 5.74) is 8.21. The van der Waals surface area contributed by atoms with E-state index in [1.807, 2.05) is 0 Å². The third kappa shape index (κ3) is 6.26. The van der Waals surface area contributed by atoms with Crippen molar-refractivity contribution >= 4 is 11.8 Å². The van der Waals surface area contributed by atoms with Crippen LogP contribution in [0.15, 0.2) is 0 Å². The second-order valence-electron chi connectivity index (χ2n) is 4.54. The molecular formula is C12H23N3O2. The van der Waals surface area contributed by atoms with Gasteiger partial charge in [-0.2, -0.15) is 0 Å². The van der Waals surface area contributed by atoms with Gasteiger partial charge in [-0.15, -0.1) is 0 Å². The minimum atomic E-state index is -0.290. The molecule has 1 aliphatic rings. The van der Waals surface area contributed by atoms with Crippen molar-refractivity contribution < 1.29 is 9.59 Å². The smallest absolute Gasteiger partial charge is 0.236 e. The molecule has 0 radical (unpaired) electrons. The minimum absolute atomic E-state index is 0.136. The van der Waals surface area contributed by atoms with Gasteiger partial charge in [0, 0.05) is 25.9 Å². The summed E-state index contributed by atoms with van der Waals surface area (Å²) in [7, 11) is 0. The Morgan fingerprint density at radius 2 is 1.76 bits per heavy atom. The summed E-state index contributed by atoms with van der Waals surface area (Å²) in [4.78, 5) is 22.4. The van der Waals surface area contributed by atoms with Gasteiger partial charge in [0.25, 0.3) is 0 Å².